The first kappa shape index (κ1) is 20.1. The fraction of sp³-hybridized carbons (Fsp3) is 0.227. The molecule has 1 saturated heterocycles. The van der Waals surface area contributed by atoms with Crippen LogP contribution in [0.3, 0.4) is 0 Å². The second kappa shape index (κ2) is 9.54. The van der Waals surface area contributed by atoms with Crippen LogP contribution in [0.25, 0.3) is 5.03 Å². The molecule has 0 atom stereocenters. The third kappa shape index (κ3) is 5.01. The Balaban J connectivity index is 1.79. The van der Waals surface area contributed by atoms with Gasteiger partial charge in [-0.05, 0) is 47.3 Å². The molecule has 3 rings (SSSR count). The van der Waals surface area contributed by atoms with Crippen molar-refractivity contribution in [2.24, 2.45) is 0 Å². The van der Waals surface area contributed by atoms with Gasteiger partial charge in [-0.25, -0.2) is 4.79 Å². The summed E-state index contributed by atoms with van der Waals surface area (Å²) in [5.74, 6) is 1.95. The summed E-state index contributed by atoms with van der Waals surface area (Å²) in [5, 5.41) is 0.636. The Hall–Kier alpha value is -1.62. The molecule has 2 aromatic rings. The summed E-state index contributed by atoms with van der Waals surface area (Å²) in [5.41, 5.74) is 2.69. The third-order valence-corrected chi connectivity index (χ3v) is 7.88. The quantitative estimate of drug-likeness (QED) is 0.420. The molecule has 1 aliphatic rings. The molecule has 0 unspecified atom stereocenters. The van der Waals surface area contributed by atoms with Crippen molar-refractivity contribution in [2.45, 2.75) is 10.5 Å². The molecule has 27 heavy (non-hydrogen) atoms. The Labute approximate surface area is 174 Å². The average molecular weight is 417 g/mol. The lowest BCUT2D eigenvalue weighted by Gasteiger charge is -2.33. The molecule has 1 heterocycles. The van der Waals surface area contributed by atoms with E-state index in [4.69, 9.17) is 16.3 Å². The maximum atomic E-state index is 11.5. The first-order chi connectivity index (χ1) is 13.1. The number of rotatable bonds is 5. The molecule has 0 aliphatic carbocycles. The average Bonchev–Trinajstić information content (AvgIpc) is 2.74. The van der Waals surface area contributed by atoms with Crippen LogP contribution < -0.4 is 0 Å². The molecular formula is C22H21ClO2S2. The van der Waals surface area contributed by atoms with Crippen molar-refractivity contribution in [2.75, 3.05) is 18.6 Å². The summed E-state index contributed by atoms with van der Waals surface area (Å²) in [7, 11) is 1.37. The molecule has 5 heteroatoms. The van der Waals surface area contributed by atoms with Gasteiger partial charge in [0.05, 0.1) is 12.7 Å². The molecule has 140 valence electrons. The topological polar surface area (TPSA) is 26.3 Å². The molecule has 1 aliphatic heterocycles. The number of esters is 1. The highest BCUT2D eigenvalue weighted by Gasteiger charge is 2.32. The fourth-order valence-electron chi connectivity index (χ4n) is 2.82. The van der Waals surface area contributed by atoms with E-state index in [0.29, 0.717) is 10.6 Å². The SMILES string of the molecule is COC(=O)c1ccc(/C(Cl)=C/C=C/C2(c3ccccc3)SCCCS2)cc1. The number of hydrogen-bond acceptors (Lipinski definition) is 4. The molecule has 2 nitrogen and oxygen atoms in total. The number of benzene rings is 2. The normalized spacial score (nSPS) is 17.0. The number of carbonyl (C=O) groups is 1. The van der Waals surface area contributed by atoms with Crippen molar-refractivity contribution in [1.29, 1.82) is 0 Å². The van der Waals surface area contributed by atoms with Crippen LogP contribution in [0.15, 0.2) is 72.8 Å². The molecule has 0 aromatic heterocycles. The van der Waals surface area contributed by atoms with Gasteiger partial charge in [0, 0.05) is 5.03 Å². The van der Waals surface area contributed by atoms with E-state index in [1.54, 1.807) is 12.1 Å². The monoisotopic (exact) mass is 416 g/mol. The van der Waals surface area contributed by atoms with Crippen LogP contribution in [0.5, 0.6) is 0 Å². The Morgan fingerprint density at radius 3 is 2.30 bits per heavy atom. The molecule has 0 bridgehead atoms. The van der Waals surface area contributed by atoms with Gasteiger partial charge in [0.15, 0.2) is 0 Å². The number of halogens is 1. The first-order valence-electron chi connectivity index (χ1n) is 8.72. The predicted molar refractivity (Wildman–Crippen MR) is 118 cm³/mol. The molecule has 0 amide bonds. The van der Waals surface area contributed by atoms with Gasteiger partial charge in [-0.1, -0.05) is 66.2 Å². The minimum atomic E-state index is -0.349. The lowest BCUT2D eigenvalue weighted by atomic mass is 10.1. The maximum absolute atomic E-state index is 11.5. The summed E-state index contributed by atoms with van der Waals surface area (Å²) in [6.07, 6.45) is 7.42. The maximum Gasteiger partial charge on any atom is 0.337 e. The van der Waals surface area contributed by atoms with E-state index in [0.717, 1.165) is 17.1 Å². The van der Waals surface area contributed by atoms with E-state index in [-0.39, 0.29) is 10.0 Å². The van der Waals surface area contributed by atoms with Gasteiger partial charge in [0.2, 0.25) is 0 Å². The second-order valence-corrected chi connectivity index (χ2v) is 9.37. The molecular weight excluding hydrogens is 396 g/mol. The van der Waals surface area contributed by atoms with Crippen molar-refractivity contribution in [3.8, 4) is 0 Å². The Kier molecular flexibility index (Phi) is 7.11. The molecule has 0 spiro atoms. The Morgan fingerprint density at radius 1 is 1.04 bits per heavy atom. The van der Waals surface area contributed by atoms with Crippen LogP contribution in [0.4, 0.5) is 0 Å². The van der Waals surface area contributed by atoms with Gasteiger partial charge < -0.3 is 4.74 Å². The van der Waals surface area contributed by atoms with Crippen LogP contribution in [-0.2, 0) is 8.82 Å². The fourth-order valence-corrected chi connectivity index (χ4v) is 6.17. The van der Waals surface area contributed by atoms with Crippen LogP contribution in [0, 0.1) is 0 Å². The zero-order valence-electron chi connectivity index (χ0n) is 15.1. The van der Waals surface area contributed by atoms with Crippen LogP contribution in [0.1, 0.15) is 27.9 Å². The summed E-state index contributed by atoms with van der Waals surface area (Å²) in [6, 6.07) is 17.7. The number of methoxy groups -OCH3 is 1. The summed E-state index contributed by atoms with van der Waals surface area (Å²) >= 11 is 10.4. The highest BCUT2D eigenvalue weighted by Crippen LogP contribution is 2.51. The van der Waals surface area contributed by atoms with Gasteiger partial charge in [-0.2, -0.15) is 0 Å². The van der Waals surface area contributed by atoms with Crippen molar-refractivity contribution >= 4 is 46.1 Å². The van der Waals surface area contributed by atoms with Gasteiger partial charge in [0.1, 0.15) is 4.08 Å². The van der Waals surface area contributed by atoms with Crippen molar-refractivity contribution in [1.82, 2.24) is 0 Å². The smallest absolute Gasteiger partial charge is 0.337 e. The van der Waals surface area contributed by atoms with Crippen molar-refractivity contribution in [3.63, 3.8) is 0 Å². The van der Waals surface area contributed by atoms with Gasteiger partial charge in [-0.15, -0.1) is 23.5 Å². The molecule has 0 radical (unpaired) electrons. The zero-order valence-corrected chi connectivity index (χ0v) is 17.4. The van der Waals surface area contributed by atoms with E-state index in [9.17, 15) is 4.79 Å². The number of allylic oxidation sites excluding steroid dienone is 2. The third-order valence-electron chi connectivity index (χ3n) is 4.24. The molecule has 0 saturated carbocycles. The number of ether oxygens (including phenoxy) is 1. The second-order valence-electron chi connectivity index (χ2n) is 6.03. The predicted octanol–water partition coefficient (Wildman–Crippen LogP) is 6.33. The molecule has 2 aromatic carbocycles. The lowest BCUT2D eigenvalue weighted by molar-refractivity contribution is 0.0600. The van der Waals surface area contributed by atoms with E-state index in [1.807, 2.05) is 53.9 Å². The van der Waals surface area contributed by atoms with Crippen molar-refractivity contribution in [3.05, 3.63) is 89.5 Å². The Morgan fingerprint density at radius 2 is 1.67 bits per heavy atom. The van der Waals surface area contributed by atoms with Gasteiger partial charge >= 0.3 is 5.97 Å². The Bertz CT molecular complexity index is 823. The van der Waals surface area contributed by atoms with Crippen LogP contribution in [-0.4, -0.2) is 24.6 Å². The highest BCUT2D eigenvalue weighted by molar-refractivity contribution is 8.18. The van der Waals surface area contributed by atoms with Gasteiger partial charge in [0.25, 0.3) is 0 Å². The number of carbonyl (C=O) groups excluding carboxylic acids is 1. The molecule has 0 N–H and O–H groups in total. The van der Waals surface area contributed by atoms with Crippen LogP contribution in [0.2, 0.25) is 0 Å². The minimum absolute atomic E-state index is 0.0675. The number of thioether (sulfide) groups is 2. The summed E-state index contributed by atoms with van der Waals surface area (Å²) < 4.78 is 4.65. The van der Waals surface area contributed by atoms with Gasteiger partial charge in [-0.3, -0.25) is 0 Å². The standard InChI is InChI=1S/C22H21ClO2S2/c1-25-21(24)18-12-10-17(11-13-18)20(23)9-5-14-22(26-15-6-16-27-22)19-7-3-2-4-8-19/h2-5,7-14H,6,15-16H2,1H3/b14-5+,20-9-. The van der Waals surface area contributed by atoms with Crippen LogP contribution >= 0.6 is 35.1 Å². The zero-order chi connectivity index (χ0) is 19.1. The first-order valence-corrected chi connectivity index (χ1v) is 11.1. The summed E-state index contributed by atoms with van der Waals surface area (Å²) in [6.45, 7) is 0. The van der Waals surface area contributed by atoms with E-state index in [1.165, 1.54) is 19.1 Å². The minimum Gasteiger partial charge on any atom is -0.465 e. The van der Waals surface area contributed by atoms with E-state index in [2.05, 4.69) is 30.3 Å². The van der Waals surface area contributed by atoms with E-state index >= 15 is 0 Å². The van der Waals surface area contributed by atoms with Crippen molar-refractivity contribution < 1.29 is 9.53 Å². The lowest BCUT2D eigenvalue weighted by Crippen LogP contribution is -2.20. The number of hydrogen-bond donors (Lipinski definition) is 0. The molecule has 1 fully saturated rings. The largest absolute Gasteiger partial charge is 0.465 e. The van der Waals surface area contributed by atoms with E-state index < -0.39 is 0 Å². The highest BCUT2D eigenvalue weighted by atomic mass is 35.5. The summed E-state index contributed by atoms with van der Waals surface area (Å²) in [4.78, 5) is 11.5.